The Morgan fingerprint density at radius 3 is 2.87 bits per heavy atom. The molecule has 3 aromatic heterocycles. The van der Waals surface area contributed by atoms with E-state index in [2.05, 4.69) is 20.3 Å². The third kappa shape index (κ3) is 3.46. The molecule has 10 heteroatoms. The van der Waals surface area contributed by atoms with E-state index in [1.165, 1.54) is 17.2 Å². The summed E-state index contributed by atoms with van der Waals surface area (Å²) >= 11 is 0. The zero-order chi connectivity index (χ0) is 20.9. The van der Waals surface area contributed by atoms with Crippen LogP contribution in [0.3, 0.4) is 0 Å². The van der Waals surface area contributed by atoms with Crippen molar-refractivity contribution in [1.29, 1.82) is 0 Å². The Hall–Kier alpha value is -3.17. The first-order valence-corrected chi connectivity index (χ1v) is 9.80. The van der Waals surface area contributed by atoms with Crippen LogP contribution in [0.25, 0.3) is 17.2 Å². The number of amides is 1. The first kappa shape index (κ1) is 18.8. The van der Waals surface area contributed by atoms with Crippen LogP contribution in [-0.2, 0) is 4.79 Å². The van der Waals surface area contributed by atoms with Crippen LogP contribution >= 0.6 is 0 Å². The maximum atomic E-state index is 13.6. The van der Waals surface area contributed by atoms with Gasteiger partial charge in [0.05, 0.1) is 6.20 Å². The van der Waals surface area contributed by atoms with Gasteiger partial charge in [0, 0.05) is 37.9 Å². The molecule has 0 spiro atoms. The molecule has 2 atom stereocenters. The smallest absolute Gasteiger partial charge is 0.260 e. The van der Waals surface area contributed by atoms with E-state index in [0.717, 1.165) is 12.8 Å². The number of anilines is 1. The van der Waals surface area contributed by atoms with Gasteiger partial charge in [0.25, 0.3) is 5.92 Å². The second kappa shape index (κ2) is 6.96. The molecule has 1 unspecified atom stereocenters. The molecule has 1 saturated carbocycles. The summed E-state index contributed by atoms with van der Waals surface area (Å²) in [5.41, 5.74) is 1.12. The summed E-state index contributed by atoms with van der Waals surface area (Å²) in [5.74, 6) is -3.97. The largest absolute Gasteiger partial charge is 0.365 e. The van der Waals surface area contributed by atoms with E-state index in [1.54, 1.807) is 28.9 Å². The fourth-order valence-corrected chi connectivity index (χ4v) is 3.89. The Balaban J connectivity index is 1.32. The van der Waals surface area contributed by atoms with Gasteiger partial charge in [-0.25, -0.2) is 28.1 Å². The number of hydrogen-bond donors (Lipinski definition) is 1. The van der Waals surface area contributed by atoms with Crippen molar-refractivity contribution in [2.75, 3.05) is 18.4 Å². The van der Waals surface area contributed by atoms with Crippen molar-refractivity contribution in [2.45, 2.75) is 31.2 Å². The van der Waals surface area contributed by atoms with E-state index in [9.17, 15) is 18.0 Å². The maximum absolute atomic E-state index is 13.6. The van der Waals surface area contributed by atoms with Gasteiger partial charge < -0.3 is 10.2 Å². The molecular formula is C20H19F3N6O. The highest BCUT2D eigenvalue weighted by Crippen LogP contribution is 2.49. The third-order valence-electron chi connectivity index (χ3n) is 5.56. The van der Waals surface area contributed by atoms with Gasteiger partial charge in [0.1, 0.15) is 28.9 Å². The van der Waals surface area contributed by atoms with Gasteiger partial charge in [-0.1, -0.05) is 0 Å². The number of aromatic nitrogens is 4. The molecular weight excluding hydrogens is 397 g/mol. The number of likely N-dealkylation sites (tertiary alicyclic amines) is 1. The summed E-state index contributed by atoms with van der Waals surface area (Å²) in [7, 11) is 0. The van der Waals surface area contributed by atoms with Crippen LogP contribution < -0.4 is 5.32 Å². The van der Waals surface area contributed by atoms with E-state index in [1.807, 2.05) is 0 Å². The van der Waals surface area contributed by atoms with Crippen LogP contribution in [0.4, 0.5) is 19.0 Å². The molecule has 0 bridgehead atoms. The minimum atomic E-state index is -2.85. The predicted molar refractivity (Wildman–Crippen MR) is 102 cm³/mol. The molecule has 5 rings (SSSR count). The Morgan fingerprint density at radius 2 is 2.07 bits per heavy atom. The van der Waals surface area contributed by atoms with Gasteiger partial charge in [-0.15, -0.1) is 0 Å². The number of imidazole rings is 1. The van der Waals surface area contributed by atoms with Gasteiger partial charge in [0.15, 0.2) is 5.82 Å². The number of rotatable bonds is 4. The fourth-order valence-electron chi connectivity index (χ4n) is 3.89. The summed E-state index contributed by atoms with van der Waals surface area (Å²) in [6.07, 6.45) is 5.65. The first-order valence-electron chi connectivity index (χ1n) is 9.80. The number of carbonyl (C=O) groups excluding carboxylic acids is 1. The molecule has 0 radical (unpaired) electrons. The van der Waals surface area contributed by atoms with E-state index in [0.29, 0.717) is 36.1 Å². The van der Waals surface area contributed by atoms with E-state index in [4.69, 9.17) is 0 Å². The van der Waals surface area contributed by atoms with Crippen molar-refractivity contribution in [3.05, 3.63) is 42.6 Å². The van der Waals surface area contributed by atoms with E-state index >= 15 is 0 Å². The second-order valence-electron chi connectivity index (χ2n) is 7.77. The number of nitrogens with one attached hydrogen (secondary N) is 1. The molecule has 3 aromatic rings. The van der Waals surface area contributed by atoms with Crippen LogP contribution in [-0.4, -0.2) is 55.2 Å². The zero-order valence-corrected chi connectivity index (χ0v) is 15.9. The number of halogens is 3. The van der Waals surface area contributed by atoms with Crippen molar-refractivity contribution in [3.8, 4) is 11.5 Å². The summed E-state index contributed by atoms with van der Waals surface area (Å²) in [6, 6.07) is 4.50. The summed E-state index contributed by atoms with van der Waals surface area (Å²) < 4.78 is 41.7. The van der Waals surface area contributed by atoms with Gasteiger partial charge in [-0.05, 0) is 31.0 Å². The van der Waals surface area contributed by atoms with Crippen LogP contribution in [0.15, 0.2) is 36.8 Å². The molecule has 1 aliphatic heterocycles. The van der Waals surface area contributed by atoms with Crippen LogP contribution in [0.2, 0.25) is 0 Å². The molecule has 2 fully saturated rings. The number of fused-ring (bicyclic) bond motifs is 1. The Morgan fingerprint density at radius 1 is 1.23 bits per heavy atom. The fraction of sp³-hybridized carbons (Fsp3) is 0.400. The number of carbonyl (C=O) groups is 1. The predicted octanol–water partition coefficient (Wildman–Crippen LogP) is 2.99. The standard InChI is InChI=1S/C20H19F3N6O/c21-12-3-4-17-25-9-15(29(17)10-12)18-24-6-5-16(27-18)26-13-2-1-7-28(11-13)19(30)14-8-20(14,22)23/h3-6,9-10,13-14H,1-2,7-8,11H2,(H,24,26,27)/t13-,14?/m1/s1. The zero-order valence-electron chi connectivity index (χ0n) is 15.9. The van der Waals surface area contributed by atoms with Gasteiger partial charge in [-0.3, -0.25) is 9.20 Å². The van der Waals surface area contributed by atoms with Crippen molar-refractivity contribution in [1.82, 2.24) is 24.3 Å². The normalized spacial score (nSPS) is 22.8. The Bertz CT molecular complexity index is 1120. The number of piperidine rings is 1. The summed E-state index contributed by atoms with van der Waals surface area (Å²) in [5, 5.41) is 3.27. The van der Waals surface area contributed by atoms with Crippen LogP contribution in [0.5, 0.6) is 0 Å². The Labute approximate surface area is 170 Å². The molecule has 156 valence electrons. The lowest BCUT2D eigenvalue weighted by molar-refractivity contribution is -0.135. The lowest BCUT2D eigenvalue weighted by atomic mass is 10.1. The van der Waals surface area contributed by atoms with Crippen LogP contribution in [0.1, 0.15) is 19.3 Å². The van der Waals surface area contributed by atoms with Crippen molar-refractivity contribution in [3.63, 3.8) is 0 Å². The third-order valence-corrected chi connectivity index (χ3v) is 5.56. The number of alkyl halides is 2. The number of hydrogen-bond acceptors (Lipinski definition) is 5. The summed E-state index contributed by atoms with van der Waals surface area (Å²) in [6.45, 7) is 0.845. The van der Waals surface area contributed by atoms with E-state index < -0.39 is 23.6 Å². The number of pyridine rings is 1. The van der Waals surface area contributed by atoms with Gasteiger partial charge in [-0.2, -0.15) is 0 Å². The highest BCUT2D eigenvalue weighted by atomic mass is 19.3. The minimum absolute atomic E-state index is 0.0996. The SMILES string of the molecule is O=C(C1CC1(F)F)N1CCC[C@@H](Nc2ccnc(-c3cnc4ccc(F)cn34)n2)C1. The average molecular weight is 416 g/mol. The average Bonchev–Trinajstić information content (AvgIpc) is 3.17. The van der Waals surface area contributed by atoms with E-state index in [-0.39, 0.29) is 12.5 Å². The lowest BCUT2D eigenvalue weighted by Gasteiger charge is -2.33. The van der Waals surface area contributed by atoms with Crippen molar-refractivity contribution >= 4 is 17.4 Å². The summed E-state index contributed by atoms with van der Waals surface area (Å²) in [4.78, 5) is 26.8. The Kier molecular flexibility index (Phi) is 4.37. The lowest BCUT2D eigenvalue weighted by Crippen LogP contribution is -2.46. The molecule has 30 heavy (non-hydrogen) atoms. The molecule has 1 N–H and O–H groups in total. The molecule has 1 amide bonds. The molecule has 0 aromatic carbocycles. The topological polar surface area (TPSA) is 75.4 Å². The molecule has 1 saturated heterocycles. The second-order valence-corrected chi connectivity index (χ2v) is 7.77. The van der Waals surface area contributed by atoms with Gasteiger partial charge >= 0.3 is 0 Å². The first-order chi connectivity index (χ1) is 14.4. The molecule has 4 heterocycles. The molecule has 7 nitrogen and oxygen atoms in total. The van der Waals surface area contributed by atoms with Gasteiger partial charge in [0.2, 0.25) is 5.91 Å². The van der Waals surface area contributed by atoms with Crippen LogP contribution in [0, 0.1) is 11.7 Å². The maximum Gasteiger partial charge on any atom is 0.260 e. The highest BCUT2D eigenvalue weighted by Gasteiger charge is 2.62. The monoisotopic (exact) mass is 416 g/mol. The highest BCUT2D eigenvalue weighted by molar-refractivity contribution is 5.83. The quantitative estimate of drug-likeness (QED) is 0.708. The molecule has 2 aliphatic rings. The molecule has 1 aliphatic carbocycles. The van der Waals surface area contributed by atoms with Crippen molar-refractivity contribution in [2.24, 2.45) is 5.92 Å². The number of nitrogens with zero attached hydrogens (tertiary/aromatic N) is 5. The van der Waals surface area contributed by atoms with Crippen molar-refractivity contribution < 1.29 is 18.0 Å². The minimum Gasteiger partial charge on any atom is -0.365 e.